The number of allylic oxidation sites excluding steroid dienone is 4. The smallest absolute Gasteiger partial charge is 0.142 e. The zero-order chi connectivity index (χ0) is 10.9. The third-order valence-corrected chi connectivity index (χ3v) is 2.87. The maximum atomic E-state index is 5.60. The Morgan fingerprint density at radius 1 is 1.27 bits per heavy atom. The predicted molar refractivity (Wildman–Crippen MR) is 62.2 cm³/mol. The van der Waals surface area contributed by atoms with Gasteiger partial charge in [0, 0.05) is 12.5 Å². The zero-order valence-electron chi connectivity index (χ0n) is 9.71. The minimum absolute atomic E-state index is 0.265. The van der Waals surface area contributed by atoms with Crippen molar-refractivity contribution in [3.63, 3.8) is 0 Å². The quantitative estimate of drug-likeness (QED) is 0.656. The molecule has 2 rings (SSSR count). The van der Waals surface area contributed by atoms with Gasteiger partial charge in [0.05, 0.1) is 5.70 Å². The summed E-state index contributed by atoms with van der Waals surface area (Å²) >= 11 is 0. The monoisotopic (exact) mass is 205 g/mol. The topological polar surface area (TPSA) is 21.3 Å². The second-order valence-electron chi connectivity index (χ2n) is 5.16. The first-order valence-electron chi connectivity index (χ1n) is 5.55. The molecule has 15 heavy (non-hydrogen) atoms. The fourth-order valence-electron chi connectivity index (χ4n) is 1.82. The first-order valence-corrected chi connectivity index (χ1v) is 5.55. The molecule has 0 aromatic carbocycles. The summed E-state index contributed by atoms with van der Waals surface area (Å²) in [6, 6.07) is 0. The molecule has 1 N–H and O–H groups in total. The van der Waals surface area contributed by atoms with Crippen LogP contribution < -0.4 is 5.32 Å². The van der Waals surface area contributed by atoms with Crippen molar-refractivity contribution in [3.05, 3.63) is 35.8 Å². The van der Waals surface area contributed by atoms with E-state index in [1.54, 1.807) is 0 Å². The molecular weight excluding hydrogens is 186 g/mol. The van der Waals surface area contributed by atoms with Gasteiger partial charge in [-0.3, -0.25) is 0 Å². The molecule has 1 atom stereocenters. The van der Waals surface area contributed by atoms with Gasteiger partial charge in [-0.05, 0) is 17.6 Å². The molecule has 0 saturated heterocycles. The zero-order valence-corrected chi connectivity index (χ0v) is 9.71. The van der Waals surface area contributed by atoms with Gasteiger partial charge in [0.1, 0.15) is 12.4 Å². The first-order chi connectivity index (χ1) is 7.07. The number of hydrogen-bond donors (Lipinski definition) is 1. The molecule has 82 valence electrons. The van der Waals surface area contributed by atoms with Gasteiger partial charge in [-0.1, -0.05) is 32.9 Å². The second kappa shape index (κ2) is 3.76. The molecular formula is C13H19NO. The van der Waals surface area contributed by atoms with Gasteiger partial charge < -0.3 is 10.1 Å². The van der Waals surface area contributed by atoms with Crippen molar-refractivity contribution in [2.75, 3.05) is 13.2 Å². The van der Waals surface area contributed by atoms with Gasteiger partial charge in [-0.2, -0.15) is 0 Å². The highest BCUT2D eigenvalue weighted by Gasteiger charge is 2.22. The molecule has 1 heterocycles. The number of nitrogens with one attached hydrogen (secondary N) is 1. The minimum atomic E-state index is 0.265. The van der Waals surface area contributed by atoms with E-state index >= 15 is 0 Å². The van der Waals surface area contributed by atoms with Gasteiger partial charge in [0.15, 0.2) is 0 Å². The summed E-state index contributed by atoms with van der Waals surface area (Å²) in [6.45, 7) is 8.43. The maximum Gasteiger partial charge on any atom is 0.142 e. The van der Waals surface area contributed by atoms with Crippen molar-refractivity contribution in [1.29, 1.82) is 0 Å². The molecule has 1 aliphatic carbocycles. The van der Waals surface area contributed by atoms with Crippen LogP contribution in [0.25, 0.3) is 0 Å². The van der Waals surface area contributed by atoms with Gasteiger partial charge in [-0.15, -0.1) is 0 Å². The largest absolute Gasteiger partial charge is 0.490 e. The Kier molecular flexibility index (Phi) is 2.59. The SMILES string of the molecule is CC(C)(C)C1C=CC2=C(C=C1)OCCN2. The van der Waals surface area contributed by atoms with Crippen LogP contribution in [0.15, 0.2) is 35.8 Å². The van der Waals surface area contributed by atoms with E-state index in [2.05, 4.69) is 50.4 Å². The van der Waals surface area contributed by atoms with Crippen LogP contribution in [-0.2, 0) is 4.74 Å². The van der Waals surface area contributed by atoms with E-state index in [1.807, 2.05) is 0 Å². The predicted octanol–water partition coefficient (Wildman–Crippen LogP) is 2.61. The molecule has 0 fully saturated rings. The van der Waals surface area contributed by atoms with Crippen LogP contribution in [0.5, 0.6) is 0 Å². The molecule has 0 amide bonds. The van der Waals surface area contributed by atoms with E-state index < -0.39 is 0 Å². The van der Waals surface area contributed by atoms with Gasteiger partial charge in [0.25, 0.3) is 0 Å². The van der Waals surface area contributed by atoms with Crippen molar-refractivity contribution >= 4 is 0 Å². The molecule has 0 bridgehead atoms. The Balaban J connectivity index is 2.23. The Morgan fingerprint density at radius 2 is 2.00 bits per heavy atom. The van der Waals surface area contributed by atoms with E-state index in [0.717, 1.165) is 24.6 Å². The fraction of sp³-hybridized carbons (Fsp3) is 0.538. The highest BCUT2D eigenvalue weighted by Crippen LogP contribution is 2.31. The lowest BCUT2D eigenvalue weighted by molar-refractivity contribution is 0.206. The van der Waals surface area contributed by atoms with E-state index in [-0.39, 0.29) is 5.41 Å². The standard InChI is InChI=1S/C13H19NO/c1-13(2,3)10-4-6-11-12(7-5-10)15-9-8-14-11/h4-7,10,14H,8-9H2,1-3H3. The van der Waals surface area contributed by atoms with Crippen molar-refractivity contribution in [1.82, 2.24) is 5.32 Å². The molecule has 1 unspecified atom stereocenters. The number of rotatable bonds is 0. The Labute approximate surface area is 91.7 Å². The molecule has 2 aliphatic rings. The molecule has 0 spiro atoms. The van der Waals surface area contributed by atoms with Crippen LogP contribution >= 0.6 is 0 Å². The molecule has 0 aromatic rings. The summed E-state index contributed by atoms with van der Waals surface area (Å²) < 4.78 is 5.60. The Bertz CT molecular complexity index is 305. The van der Waals surface area contributed by atoms with Gasteiger partial charge in [0.2, 0.25) is 0 Å². The summed E-state index contributed by atoms with van der Waals surface area (Å²) in [7, 11) is 0. The first kappa shape index (κ1) is 10.3. The molecule has 0 radical (unpaired) electrons. The summed E-state index contributed by atoms with van der Waals surface area (Å²) in [5.74, 6) is 1.44. The number of ether oxygens (including phenoxy) is 1. The van der Waals surface area contributed by atoms with Crippen LogP contribution in [-0.4, -0.2) is 13.2 Å². The minimum Gasteiger partial charge on any atom is -0.490 e. The third-order valence-electron chi connectivity index (χ3n) is 2.87. The molecule has 2 nitrogen and oxygen atoms in total. The lowest BCUT2D eigenvalue weighted by Gasteiger charge is -2.24. The van der Waals surface area contributed by atoms with Crippen LogP contribution in [0.4, 0.5) is 0 Å². The summed E-state index contributed by atoms with van der Waals surface area (Å²) in [5, 5.41) is 3.35. The summed E-state index contributed by atoms with van der Waals surface area (Å²) in [6.07, 6.45) is 8.72. The molecule has 0 saturated carbocycles. The van der Waals surface area contributed by atoms with Crippen molar-refractivity contribution < 1.29 is 4.74 Å². The van der Waals surface area contributed by atoms with Crippen LogP contribution in [0.1, 0.15) is 20.8 Å². The van der Waals surface area contributed by atoms with Crippen molar-refractivity contribution in [2.24, 2.45) is 11.3 Å². The Morgan fingerprint density at radius 3 is 2.73 bits per heavy atom. The molecule has 1 aliphatic heterocycles. The highest BCUT2D eigenvalue weighted by molar-refractivity contribution is 5.34. The van der Waals surface area contributed by atoms with Gasteiger partial charge >= 0.3 is 0 Å². The van der Waals surface area contributed by atoms with E-state index in [9.17, 15) is 0 Å². The van der Waals surface area contributed by atoms with Crippen molar-refractivity contribution in [2.45, 2.75) is 20.8 Å². The summed E-state index contributed by atoms with van der Waals surface area (Å²) in [4.78, 5) is 0. The Hall–Kier alpha value is -1.18. The molecule has 0 aromatic heterocycles. The van der Waals surface area contributed by atoms with Crippen LogP contribution in [0.2, 0.25) is 0 Å². The maximum absolute atomic E-state index is 5.60. The van der Waals surface area contributed by atoms with Crippen LogP contribution in [0.3, 0.4) is 0 Å². The van der Waals surface area contributed by atoms with Crippen molar-refractivity contribution in [3.8, 4) is 0 Å². The van der Waals surface area contributed by atoms with Crippen LogP contribution in [0, 0.1) is 11.3 Å². The average molecular weight is 205 g/mol. The van der Waals surface area contributed by atoms with E-state index in [1.165, 1.54) is 0 Å². The number of hydrogen-bond acceptors (Lipinski definition) is 2. The second-order valence-corrected chi connectivity index (χ2v) is 5.16. The fourth-order valence-corrected chi connectivity index (χ4v) is 1.82. The third kappa shape index (κ3) is 2.25. The normalized spacial score (nSPS) is 25.4. The molecule has 2 heteroatoms. The highest BCUT2D eigenvalue weighted by atomic mass is 16.5. The van der Waals surface area contributed by atoms with E-state index in [0.29, 0.717) is 5.92 Å². The average Bonchev–Trinajstić information content (AvgIpc) is 2.38. The lowest BCUT2D eigenvalue weighted by Crippen LogP contribution is -2.25. The van der Waals surface area contributed by atoms with Gasteiger partial charge in [-0.25, -0.2) is 0 Å². The van der Waals surface area contributed by atoms with E-state index in [4.69, 9.17) is 4.74 Å². The summed E-state index contributed by atoms with van der Waals surface area (Å²) in [5.41, 5.74) is 1.38. The lowest BCUT2D eigenvalue weighted by atomic mass is 9.80.